The number of fused-ring (bicyclic) bond motifs is 1. The van der Waals surface area contributed by atoms with E-state index in [1.54, 1.807) is 18.3 Å². The first-order valence-electron chi connectivity index (χ1n) is 6.15. The van der Waals surface area contributed by atoms with Crippen LogP contribution in [0, 0.1) is 6.92 Å². The van der Waals surface area contributed by atoms with Gasteiger partial charge in [0, 0.05) is 11.6 Å². The molecule has 0 saturated heterocycles. The van der Waals surface area contributed by atoms with Gasteiger partial charge in [-0.1, -0.05) is 12.1 Å². The van der Waals surface area contributed by atoms with Crippen molar-refractivity contribution in [3.05, 3.63) is 58.7 Å². The second-order valence-corrected chi connectivity index (χ2v) is 5.41. The Hall–Kier alpha value is -2.07. The molecule has 0 saturated carbocycles. The number of phenols is 1. The number of hydrogen-bond donors (Lipinski definition) is 1. The van der Waals surface area contributed by atoms with Gasteiger partial charge >= 0.3 is 0 Å². The number of hydrogen-bond acceptors (Lipinski definition) is 3. The van der Waals surface area contributed by atoms with Crippen LogP contribution in [-0.2, 0) is 0 Å². The van der Waals surface area contributed by atoms with Crippen LogP contribution in [0.4, 0.5) is 0 Å². The van der Waals surface area contributed by atoms with Crippen LogP contribution in [0.1, 0.15) is 5.56 Å². The summed E-state index contributed by atoms with van der Waals surface area (Å²) in [6, 6.07) is 12.9. The van der Waals surface area contributed by atoms with Crippen molar-refractivity contribution < 1.29 is 9.84 Å². The number of nitrogens with zero attached hydrogens (tertiary/aromatic N) is 1. The molecule has 3 aromatic rings. The summed E-state index contributed by atoms with van der Waals surface area (Å²) < 4.78 is 6.74. The summed E-state index contributed by atoms with van der Waals surface area (Å²) in [5.74, 6) is 1.36. The van der Waals surface area contributed by atoms with E-state index in [1.165, 1.54) is 0 Å². The second kappa shape index (κ2) is 5.13. The molecule has 3 nitrogen and oxygen atoms in total. The normalized spacial score (nSPS) is 10.7. The average molecular weight is 330 g/mol. The Balaban J connectivity index is 2.08. The number of halogens is 1. The van der Waals surface area contributed by atoms with Crippen LogP contribution in [0.2, 0.25) is 0 Å². The van der Waals surface area contributed by atoms with E-state index < -0.39 is 0 Å². The number of benzene rings is 2. The van der Waals surface area contributed by atoms with E-state index in [0.717, 1.165) is 20.8 Å². The standard InChI is InChI=1S/C16H12BrNO2/c1-10-2-5-15(14(17)8-10)20-16-13-9-12(19)4-3-11(13)6-7-18-16/h2-9,19H,1H3. The Labute approximate surface area is 125 Å². The largest absolute Gasteiger partial charge is 0.508 e. The van der Waals surface area contributed by atoms with Gasteiger partial charge in [-0.25, -0.2) is 4.98 Å². The van der Waals surface area contributed by atoms with Gasteiger partial charge in [-0.2, -0.15) is 0 Å². The van der Waals surface area contributed by atoms with Gasteiger partial charge in [-0.05, 0) is 64.1 Å². The molecular weight excluding hydrogens is 318 g/mol. The predicted molar refractivity (Wildman–Crippen MR) is 82.4 cm³/mol. The van der Waals surface area contributed by atoms with Crippen LogP contribution < -0.4 is 4.74 Å². The van der Waals surface area contributed by atoms with Crippen molar-refractivity contribution >= 4 is 26.7 Å². The van der Waals surface area contributed by atoms with Crippen molar-refractivity contribution in [1.29, 1.82) is 0 Å². The SMILES string of the molecule is Cc1ccc(Oc2nccc3ccc(O)cc23)c(Br)c1. The summed E-state index contributed by atoms with van der Waals surface area (Å²) in [6.07, 6.45) is 1.69. The van der Waals surface area contributed by atoms with Crippen LogP contribution in [0.3, 0.4) is 0 Å². The fraction of sp³-hybridized carbons (Fsp3) is 0.0625. The first kappa shape index (κ1) is 12.9. The van der Waals surface area contributed by atoms with Crippen LogP contribution in [0.5, 0.6) is 17.4 Å². The number of phenolic OH excluding ortho intramolecular Hbond substituents is 1. The highest BCUT2D eigenvalue weighted by Gasteiger charge is 2.08. The first-order valence-corrected chi connectivity index (χ1v) is 6.94. The zero-order valence-electron chi connectivity index (χ0n) is 10.8. The molecule has 0 bridgehead atoms. The maximum absolute atomic E-state index is 9.62. The van der Waals surface area contributed by atoms with Crippen molar-refractivity contribution in [2.45, 2.75) is 6.92 Å². The highest BCUT2D eigenvalue weighted by Crippen LogP contribution is 2.34. The quantitative estimate of drug-likeness (QED) is 0.734. The molecule has 0 radical (unpaired) electrons. The molecule has 1 N–H and O–H groups in total. The monoisotopic (exact) mass is 329 g/mol. The molecule has 0 aliphatic carbocycles. The number of aromatic hydroxyl groups is 1. The summed E-state index contributed by atoms with van der Waals surface area (Å²) in [7, 11) is 0. The number of pyridine rings is 1. The van der Waals surface area contributed by atoms with Crippen molar-refractivity contribution in [2.75, 3.05) is 0 Å². The molecule has 0 aliphatic heterocycles. The molecule has 2 aromatic carbocycles. The molecule has 0 spiro atoms. The summed E-state index contributed by atoms with van der Waals surface area (Å²) in [5.41, 5.74) is 1.15. The molecule has 0 atom stereocenters. The number of rotatable bonds is 2. The lowest BCUT2D eigenvalue weighted by atomic mass is 10.1. The van der Waals surface area contributed by atoms with Crippen LogP contribution >= 0.6 is 15.9 Å². The minimum atomic E-state index is 0.193. The van der Waals surface area contributed by atoms with Crippen molar-refractivity contribution in [3.8, 4) is 17.4 Å². The van der Waals surface area contributed by atoms with E-state index in [-0.39, 0.29) is 5.75 Å². The molecule has 0 unspecified atom stereocenters. The molecule has 0 fully saturated rings. The van der Waals surface area contributed by atoms with E-state index in [1.807, 2.05) is 37.3 Å². The van der Waals surface area contributed by atoms with Crippen molar-refractivity contribution in [1.82, 2.24) is 4.98 Å². The summed E-state index contributed by atoms with van der Waals surface area (Å²) in [5, 5.41) is 11.4. The van der Waals surface area contributed by atoms with E-state index in [2.05, 4.69) is 20.9 Å². The van der Waals surface area contributed by atoms with Crippen LogP contribution in [0.25, 0.3) is 10.8 Å². The van der Waals surface area contributed by atoms with Gasteiger partial charge in [-0.15, -0.1) is 0 Å². The lowest BCUT2D eigenvalue weighted by Gasteiger charge is -2.10. The van der Waals surface area contributed by atoms with E-state index >= 15 is 0 Å². The summed E-state index contributed by atoms with van der Waals surface area (Å²) in [4.78, 5) is 4.25. The van der Waals surface area contributed by atoms with Gasteiger partial charge < -0.3 is 9.84 Å². The lowest BCUT2D eigenvalue weighted by Crippen LogP contribution is -1.90. The van der Waals surface area contributed by atoms with E-state index in [4.69, 9.17) is 4.74 Å². The fourth-order valence-corrected chi connectivity index (χ4v) is 2.58. The Bertz CT molecular complexity index is 787. The lowest BCUT2D eigenvalue weighted by molar-refractivity contribution is 0.463. The van der Waals surface area contributed by atoms with Gasteiger partial charge in [0.15, 0.2) is 0 Å². The Morgan fingerprint density at radius 2 is 1.95 bits per heavy atom. The maximum Gasteiger partial charge on any atom is 0.227 e. The third-order valence-electron chi connectivity index (χ3n) is 3.01. The molecule has 1 heterocycles. The topological polar surface area (TPSA) is 42.4 Å². The molecule has 1 aromatic heterocycles. The molecule has 4 heteroatoms. The zero-order valence-corrected chi connectivity index (χ0v) is 12.4. The van der Waals surface area contributed by atoms with Crippen molar-refractivity contribution in [2.24, 2.45) is 0 Å². The molecule has 100 valence electrons. The predicted octanol–water partition coefficient (Wildman–Crippen LogP) is 4.80. The van der Waals surface area contributed by atoms with Gasteiger partial charge in [0.25, 0.3) is 0 Å². The Morgan fingerprint density at radius 1 is 1.10 bits per heavy atom. The van der Waals surface area contributed by atoms with Gasteiger partial charge in [0.1, 0.15) is 11.5 Å². The minimum Gasteiger partial charge on any atom is -0.508 e. The van der Waals surface area contributed by atoms with Gasteiger partial charge in [0.05, 0.1) is 4.47 Å². The third-order valence-corrected chi connectivity index (χ3v) is 3.63. The molecule has 3 rings (SSSR count). The Kier molecular flexibility index (Phi) is 3.32. The van der Waals surface area contributed by atoms with Crippen molar-refractivity contribution in [3.63, 3.8) is 0 Å². The molecule has 0 amide bonds. The smallest absolute Gasteiger partial charge is 0.227 e. The molecular formula is C16H12BrNO2. The highest BCUT2D eigenvalue weighted by atomic mass is 79.9. The number of ether oxygens (including phenoxy) is 1. The summed E-state index contributed by atoms with van der Waals surface area (Å²) >= 11 is 3.48. The first-order chi connectivity index (χ1) is 9.63. The fourth-order valence-electron chi connectivity index (χ4n) is 2.00. The van der Waals surface area contributed by atoms with Crippen LogP contribution in [0.15, 0.2) is 53.1 Å². The van der Waals surface area contributed by atoms with E-state index in [0.29, 0.717) is 11.6 Å². The average Bonchev–Trinajstić information content (AvgIpc) is 2.42. The van der Waals surface area contributed by atoms with Gasteiger partial charge in [0.2, 0.25) is 5.88 Å². The highest BCUT2D eigenvalue weighted by molar-refractivity contribution is 9.10. The summed E-state index contributed by atoms with van der Waals surface area (Å²) in [6.45, 7) is 2.02. The van der Waals surface area contributed by atoms with Crippen LogP contribution in [-0.4, -0.2) is 10.1 Å². The Morgan fingerprint density at radius 3 is 2.75 bits per heavy atom. The number of aromatic nitrogens is 1. The molecule has 0 aliphatic rings. The minimum absolute atomic E-state index is 0.193. The zero-order chi connectivity index (χ0) is 14.1. The molecule has 20 heavy (non-hydrogen) atoms. The van der Waals surface area contributed by atoms with Gasteiger partial charge in [-0.3, -0.25) is 0 Å². The maximum atomic E-state index is 9.62. The number of aryl methyl sites for hydroxylation is 1. The second-order valence-electron chi connectivity index (χ2n) is 4.56. The van der Waals surface area contributed by atoms with E-state index in [9.17, 15) is 5.11 Å². The third kappa shape index (κ3) is 2.47.